The number of carbonyl (C=O) groups excluding carboxylic acids is 2. The summed E-state index contributed by atoms with van der Waals surface area (Å²) in [6.45, 7) is 11.4. The Balaban J connectivity index is 1.70. The Hall–Kier alpha value is -4.36. The van der Waals surface area contributed by atoms with Gasteiger partial charge in [-0.25, -0.2) is 14.2 Å². The molecular formula is C36H40ClFN6O5S. The Kier molecular flexibility index (Phi) is 9.27. The molecule has 0 spiro atoms. The second-order valence-electron chi connectivity index (χ2n) is 13.8. The number of halogens is 2. The first-order chi connectivity index (χ1) is 23.6. The van der Waals surface area contributed by atoms with Crippen LogP contribution >= 0.6 is 23.4 Å². The highest BCUT2D eigenvalue weighted by Crippen LogP contribution is 2.45. The smallest absolute Gasteiger partial charge is 0.410 e. The average Bonchev–Trinajstić information content (AvgIpc) is 3.05. The molecule has 1 aromatic carbocycles. The molecular weight excluding hydrogens is 683 g/mol. The SMILES string of the molecule is COc1cccc(F)c1-c1nc2c(cc1Cl)c1c(c(=O)n2-c2c(SC)ccnc2C(C)C)N(C)C(=O)[C@H]2CN(C(=O)OC(C)(C)C)[C@H](C)CN12. The van der Waals surface area contributed by atoms with Crippen molar-refractivity contribution in [3.05, 3.63) is 63.4 Å². The van der Waals surface area contributed by atoms with E-state index in [-0.39, 0.29) is 64.3 Å². The number of piperazine rings is 1. The molecule has 2 aliphatic heterocycles. The van der Waals surface area contributed by atoms with E-state index in [0.717, 1.165) is 4.90 Å². The maximum Gasteiger partial charge on any atom is 0.410 e. The largest absolute Gasteiger partial charge is 0.496 e. The summed E-state index contributed by atoms with van der Waals surface area (Å²) in [5.74, 6) is -0.833. The molecule has 6 rings (SSSR count). The van der Waals surface area contributed by atoms with E-state index in [1.54, 1.807) is 51.0 Å². The standard InChI is InChI=1S/C36H40ClFN6O5S/c1-18(2)27-30(25(50-9)13-14-39-27)44-32-20(15-21(37)28(40-32)26-22(38)11-10-12-24(26)48-8)29-31(34(44)46)41(7)33(45)23-17-42(19(3)16-43(23)29)35(47)49-36(4,5)6/h10-15,18-19,23H,16-17H2,1-9H3/t19-,23-/m1/s1. The minimum absolute atomic E-state index is 0.0334. The predicted octanol–water partition coefficient (Wildman–Crippen LogP) is 6.88. The number of pyridine rings is 3. The lowest BCUT2D eigenvalue weighted by molar-refractivity contribution is -0.121. The molecule has 0 N–H and O–H groups in total. The molecule has 5 heterocycles. The van der Waals surface area contributed by atoms with Crippen LogP contribution in [0.2, 0.25) is 5.02 Å². The lowest BCUT2D eigenvalue weighted by atomic mass is 9.98. The summed E-state index contributed by atoms with van der Waals surface area (Å²) >= 11 is 8.44. The van der Waals surface area contributed by atoms with Crippen molar-refractivity contribution >= 4 is 57.8 Å². The van der Waals surface area contributed by atoms with Crippen molar-refractivity contribution in [2.24, 2.45) is 0 Å². The van der Waals surface area contributed by atoms with E-state index >= 15 is 9.18 Å². The van der Waals surface area contributed by atoms with Gasteiger partial charge < -0.3 is 24.2 Å². The van der Waals surface area contributed by atoms with Gasteiger partial charge in [-0.3, -0.25) is 19.1 Å². The van der Waals surface area contributed by atoms with Crippen molar-refractivity contribution in [3.63, 3.8) is 0 Å². The molecule has 14 heteroatoms. The minimum Gasteiger partial charge on any atom is -0.496 e. The third-order valence-electron chi connectivity index (χ3n) is 9.00. The Labute approximate surface area is 299 Å². The highest BCUT2D eigenvalue weighted by molar-refractivity contribution is 7.98. The van der Waals surface area contributed by atoms with Crippen molar-refractivity contribution in [2.45, 2.75) is 70.0 Å². The minimum atomic E-state index is -0.828. The van der Waals surface area contributed by atoms with Crippen LogP contribution in [0.4, 0.5) is 20.6 Å². The number of thioether (sulfide) groups is 1. The second kappa shape index (κ2) is 13.1. The number of aromatic nitrogens is 3. The zero-order valence-corrected chi connectivity index (χ0v) is 31.1. The topological polar surface area (TPSA) is 110 Å². The van der Waals surface area contributed by atoms with Crippen LogP contribution in [0, 0.1) is 5.82 Å². The average molecular weight is 723 g/mol. The summed E-state index contributed by atoms with van der Waals surface area (Å²) in [6.07, 6.45) is 3.07. The third kappa shape index (κ3) is 5.83. The Morgan fingerprint density at radius 3 is 2.48 bits per heavy atom. The van der Waals surface area contributed by atoms with Crippen molar-refractivity contribution in [1.82, 2.24) is 19.4 Å². The van der Waals surface area contributed by atoms with E-state index in [9.17, 15) is 9.59 Å². The first-order valence-electron chi connectivity index (χ1n) is 16.3. The highest BCUT2D eigenvalue weighted by atomic mass is 35.5. The fraction of sp³-hybridized carbons (Fsp3) is 0.417. The first kappa shape index (κ1) is 35.5. The van der Waals surface area contributed by atoms with Crippen LogP contribution in [-0.2, 0) is 9.53 Å². The van der Waals surface area contributed by atoms with Crippen LogP contribution in [0.5, 0.6) is 5.75 Å². The summed E-state index contributed by atoms with van der Waals surface area (Å²) in [5.41, 5.74) is 0.842. The number of hydrogen-bond donors (Lipinski definition) is 0. The van der Waals surface area contributed by atoms with Gasteiger partial charge in [-0.1, -0.05) is 31.5 Å². The number of amides is 2. The van der Waals surface area contributed by atoms with E-state index in [1.807, 2.05) is 38.0 Å². The van der Waals surface area contributed by atoms with Gasteiger partial charge in [0.2, 0.25) is 0 Å². The van der Waals surface area contributed by atoms with Crippen LogP contribution < -0.4 is 20.1 Å². The summed E-state index contributed by atoms with van der Waals surface area (Å²) in [4.78, 5) is 57.7. The fourth-order valence-electron chi connectivity index (χ4n) is 6.74. The van der Waals surface area contributed by atoms with Crippen LogP contribution in [-0.4, -0.2) is 82.6 Å². The van der Waals surface area contributed by atoms with Gasteiger partial charge in [0.1, 0.15) is 28.9 Å². The maximum absolute atomic E-state index is 15.6. The van der Waals surface area contributed by atoms with Crippen molar-refractivity contribution in [1.29, 1.82) is 0 Å². The number of rotatable bonds is 5. The van der Waals surface area contributed by atoms with Crippen LogP contribution in [0.1, 0.15) is 53.2 Å². The summed E-state index contributed by atoms with van der Waals surface area (Å²) in [5, 5.41) is 0.585. The van der Waals surface area contributed by atoms with Crippen molar-refractivity contribution in [3.8, 4) is 22.7 Å². The third-order valence-corrected chi connectivity index (χ3v) is 10.1. The van der Waals surface area contributed by atoms with Gasteiger partial charge in [0.05, 0.1) is 47.0 Å². The Morgan fingerprint density at radius 2 is 1.84 bits per heavy atom. The quantitative estimate of drug-likeness (QED) is 0.204. The van der Waals surface area contributed by atoms with Gasteiger partial charge in [0.25, 0.3) is 11.5 Å². The van der Waals surface area contributed by atoms with Gasteiger partial charge >= 0.3 is 6.09 Å². The van der Waals surface area contributed by atoms with Gasteiger partial charge in [-0.2, -0.15) is 0 Å². The van der Waals surface area contributed by atoms with E-state index in [0.29, 0.717) is 22.5 Å². The number of nitrogens with zero attached hydrogens (tertiary/aromatic N) is 6. The number of ether oxygens (including phenoxy) is 2. The van der Waals surface area contributed by atoms with E-state index in [1.165, 1.54) is 40.5 Å². The Morgan fingerprint density at radius 1 is 1.12 bits per heavy atom. The predicted molar refractivity (Wildman–Crippen MR) is 195 cm³/mol. The lowest BCUT2D eigenvalue weighted by Gasteiger charge is -2.49. The summed E-state index contributed by atoms with van der Waals surface area (Å²) < 4.78 is 28.2. The van der Waals surface area contributed by atoms with Crippen LogP contribution in [0.15, 0.2) is 46.2 Å². The molecule has 4 aromatic rings. The fourth-order valence-corrected chi connectivity index (χ4v) is 7.57. The van der Waals surface area contributed by atoms with E-state index in [4.69, 9.17) is 26.1 Å². The Bertz CT molecular complexity index is 2100. The van der Waals surface area contributed by atoms with Crippen LogP contribution in [0.25, 0.3) is 28.0 Å². The molecule has 2 aliphatic rings. The number of hydrogen-bond acceptors (Lipinski definition) is 9. The van der Waals surface area contributed by atoms with Gasteiger partial charge in [-0.05, 0) is 64.1 Å². The number of methoxy groups -OCH3 is 1. The van der Waals surface area contributed by atoms with Gasteiger partial charge in [0.15, 0.2) is 5.65 Å². The number of anilines is 2. The van der Waals surface area contributed by atoms with E-state index < -0.39 is 29.1 Å². The molecule has 0 saturated carbocycles. The molecule has 1 fully saturated rings. The molecule has 0 bridgehead atoms. The molecule has 50 heavy (non-hydrogen) atoms. The number of carbonyl (C=O) groups is 2. The first-order valence-corrected chi connectivity index (χ1v) is 17.9. The van der Waals surface area contributed by atoms with Crippen molar-refractivity contribution < 1.29 is 23.5 Å². The summed E-state index contributed by atoms with van der Waals surface area (Å²) in [7, 11) is 2.99. The molecule has 2 atom stereocenters. The second-order valence-corrected chi connectivity index (χ2v) is 15.0. The van der Waals surface area contributed by atoms with Crippen LogP contribution in [0.3, 0.4) is 0 Å². The number of likely N-dealkylation sites (N-methyl/N-ethyl adjacent to an activating group) is 1. The molecule has 264 valence electrons. The normalized spacial score (nSPS) is 17.7. The van der Waals surface area contributed by atoms with Crippen molar-refractivity contribution in [2.75, 3.05) is 43.3 Å². The maximum atomic E-state index is 15.6. The molecule has 0 aliphatic carbocycles. The monoisotopic (exact) mass is 722 g/mol. The van der Waals surface area contributed by atoms with Gasteiger partial charge in [0, 0.05) is 36.1 Å². The molecule has 11 nitrogen and oxygen atoms in total. The zero-order valence-electron chi connectivity index (χ0n) is 29.5. The zero-order chi connectivity index (χ0) is 36.4. The molecule has 0 radical (unpaired) electrons. The highest BCUT2D eigenvalue weighted by Gasteiger charge is 2.47. The molecule has 2 amide bonds. The number of benzene rings is 1. The van der Waals surface area contributed by atoms with Gasteiger partial charge in [-0.15, -0.1) is 11.8 Å². The lowest BCUT2D eigenvalue weighted by Crippen LogP contribution is -2.66. The molecule has 1 saturated heterocycles. The van der Waals surface area contributed by atoms with E-state index in [2.05, 4.69) is 4.98 Å². The molecule has 0 unspecified atom stereocenters. The molecule has 3 aromatic heterocycles. The number of fused-ring (bicyclic) bond motifs is 5. The summed E-state index contributed by atoms with van der Waals surface area (Å²) in [6, 6.07) is 6.70.